The van der Waals surface area contributed by atoms with Gasteiger partial charge in [-0.3, -0.25) is 0 Å². The minimum Gasteiger partial charge on any atom is -0.497 e. The summed E-state index contributed by atoms with van der Waals surface area (Å²) in [5.74, 6) is 0.778. The molecule has 102 valence electrons. The lowest BCUT2D eigenvalue weighted by Gasteiger charge is -2.29. The fourth-order valence-electron chi connectivity index (χ4n) is 1.81. The second-order valence-electron chi connectivity index (χ2n) is 4.94. The summed E-state index contributed by atoms with van der Waals surface area (Å²) in [5.41, 5.74) is 0.983. The molecule has 1 aromatic rings. The van der Waals surface area contributed by atoms with Crippen molar-refractivity contribution >= 4 is 0 Å². The summed E-state index contributed by atoms with van der Waals surface area (Å²) in [6.45, 7) is 7.07. The summed E-state index contributed by atoms with van der Waals surface area (Å²) >= 11 is 0. The van der Waals surface area contributed by atoms with Crippen LogP contribution in [0.2, 0.25) is 0 Å². The van der Waals surface area contributed by atoms with Crippen LogP contribution in [-0.2, 0) is 0 Å². The molecule has 0 bridgehead atoms. The first-order valence-corrected chi connectivity index (χ1v) is 6.61. The predicted molar refractivity (Wildman–Crippen MR) is 74.9 cm³/mol. The van der Waals surface area contributed by atoms with Gasteiger partial charge >= 0.3 is 0 Å². The van der Waals surface area contributed by atoms with Crippen LogP contribution in [0, 0.1) is 0 Å². The second-order valence-corrected chi connectivity index (χ2v) is 4.94. The third-order valence-corrected chi connectivity index (χ3v) is 3.76. The summed E-state index contributed by atoms with van der Waals surface area (Å²) in [6.07, 6.45) is 1.60. The van der Waals surface area contributed by atoms with Crippen molar-refractivity contribution in [3.8, 4) is 5.75 Å². The quantitative estimate of drug-likeness (QED) is 0.783. The van der Waals surface area contributed by atoms with Gasteiger partial charge in [-0.05, 0) is 37.5 Å². The molecule has 2 N–H and O–H groups in total. The summed E-state index contributed by atoms with van der Waals surface area (Å²) in [4.78, 5) is 0. The van der Waals surface area contributed by atoms with E-state index in [2.05, 4.69) is 26.1 Å². The van der Waals surface area contributed by atoms with Gasteiger partial charge in [-0.1, -0.05) is 26.0 Å². The Balaban J connectivity index is 2.62. The Labute approximate surface area is 110 Å². The van der Waals surface area contributed by atoms with Crippen LogP contribution >= 0.6 is 0 Å². The van der Waals surface area contributed by atoms with Gasteiger partial charge < -0.3 is 15.2 Å². The largest absolute Gasteiger partial charge is 0.497 e. The van der Waals surface area contributed by atoms with E-state index >= 15 is 0 Å². The number of β-amino-alcohol motifs (C(OH)–C–C–N with tert-alkyl or cyclic N) is 1. The lowest BCUT2D eigenvalue weighted by atomic mass is 9.95. The SMILES string of the molecule is CCC(C)(CC)NCC(O)c1cccc(OC)c1. The van der Waals surface area contributed by atoms with Crippen LogP contribution in [0.1, 0.15) is 45.3 Å². The molecule has 1 unspecified atom stereocenters. The van der Waals surface area contributed by atoms with Gasteiger partial charge in [0.15, 0.2) is 0 Å². The van der Waals surface area contributed by atoms with Crippen LogP contribution in [0.25, 0.3) is 0 Å². The summed E-state index contributed by atoms with van der Waals surface area (Å²) in [6, 6.07) is 7.58. The first-order chi connectivity index (χ1) is 8.54. The third-order valence-electron chi connectivity index (χ3n) is 3.76. The van der Waals surface area contributed by atoms with E-state index in [0.29, 0.717) is 6.54 Å². The maximum absolute atomic E-state index is 10.2. The minimum atomic E-state index is -0.502. The van der Waals surface area contributed by atoms with Crippen LogP contribution in [0.4, 0.5) is 0 Å². The smallest absolute Gasteiger partial charge is 0.119 e. The number of aliphatic hydroxyl groups is 1. The highest BCUT2D eigenvalue weighted by Gasteiger charge is 2.20. The molecule has 0 radical (unpaired) electrons. The highest BCUT2D eigenvalue weighted by atomic mass is 16.5. The number of methoxy groups -OCH3 is 1. The van der Waals surface area contributed by atoms with Crippen LogP contribution < -0.4 is 10.1 Å². The first-order valence-electron chi connectivity index (χ1n) is 6.61. The van der Waals surface area contributed by atoms with Crippen molar-refractivity contribution in [1.29, 1.82) is 0 Å². The molecule has 0 heterocycles. The molecule has 0 spiro atoms. The monoisotopic (exact) mass is 251 g/mol. The molecule has 0 fully saturated rings. The van der Waals surface area contributed by atoms with Crippen molar-refractivity contribution in [1.82, 2.24) is 5.32 Å². The van der Waals surface area contributed by atoms with Crippen LogP contribution in [-0.4, -0.2) is 24.3 Å². The molecule has 3 heteroatoms. The molecule has 0 saturated carbocycles. The van der Waals surface area contributed by atoms with Gasteiger partial charge in [0, 0.05) is 12.1 Å². The van der Waals surface area contributed by atoms with Crippen LogP contribution in [0.15, 0.2) is 24.3 Å². The van der Waals surface area contributed by atoms with Gasteiger partial charge in [0.2, 0.25) is 0 Å². The van der Waals surface area contributed by atoms with E-state index in [0.717, 1.165) is 24.2 Å². The molecule has 3 nitrogen and oxygen atoms in total. The predicted octanol–water partition coefficient (Wildman–Crippen LogP) is 2.90. The molecule has 0 aliphatic carbocycles. The molecule has 1 rings (SSSR count). The first kappa shape index (κ1) is 15.0. The lowest BCUT2D eigenvalue weighted by molar-refractivity contribution is 0.155. The molecule has 18 heavy (non-hydrogen) atoms. The topological polar surface area (TPSA) is 41.5 Å². The van der Waals surface area contributed by atoms with Gasteiger partial charge in [-0.15, -0.1) is 0 Å². The average Bonchev–Trinajstić information content (AvgIpc) is 2.44. The van der Waals surface area contributed by atoms with Crippen molar-refractivity contribution < 1.29 is 9.84 Å². The number of rotatable bonds is 7. The van der Waals surface area contributed by atoms with Crippen molar-refractivity contribution in [2.45, 2.75) is 45.3 Å². The molecule has 0 aliphatic rings. The van der Waals surface area contributed by atoms with Crippen molar-refractivity contribution in [3.63, 3.8) is 0 Å². The second kappa shape index (κ2) is 6.76. The van der Waals surface area contributed by atoms with Gasteiger partial charge in [-0.2, -0.15) is 0 Å². The Kier molecular flexibility index (Phi) is 5.63. The molecule has 1 aromatic carbocycles. The molecule has 1 atom stereocenters. The van der Waals surface area contributed by atoms with Gasteiger partial charge in [0.05, 0.1) is 13.2 Å². The Bertz CT molecular complexity index is 361. The van der Waals surface area contributed by atoms with Crippen molar-refractivity contribution in [2.75, 3.05) is 13.7 Å². The zero-order valence-corrected chi connectivity index (χ0v) is 11.9. The van der Waals surface area contributed by atoms with Crippen molar-refractivity contribution in [3.05, 3.63) is 29.8 Å². The van der Waals surface area contributed by atoms with E-state index in [4.69, 9.17) is 4.74 Å². The van der Waals surface area contributed by atoms with E-state index in [1.807, 2.05) is 24.3 Å². The van der Waals surface area contributed by atoms with E-state index in [9.17, 15) is 5.11 Å². The van der Waals surface area contributed by atoms with Crippen LogP contribution in [0.5, 0.6) is 5.75 Å². The Morgan fingerprint density at radius 1 is 1.33 bits per heavy atom. The van der Waals surface area contributed by atoms with Gasteiger partial charge in [-0.25, -0.2) is 0 Å². The third kappa shape index (κ3) is 4.00. The van der Waals surface area contributed by atoms with E-state index in [-0.39, 0.29) is 5.54 Å². The maximum atomic E-state index is 10.2. The molecule has 0 saturated heterocycles. The maximum Gasteiger partial charge on any atom is 0.119 e. The number of hydrogen-bond acceptors (Lipinski definition) is 3. The zero-order valence-electron chi connectivity index (χ0n) is 11.9. The van der Waals surface area contributed by atoms with Gasteiger partial charge in [0.1, 0.15) is 5.75 Å². The standard InChI is InChI=1S/C15H25NO2/c1-5-15(3,6-2)16-11-14(17)12-8-7-9-13(10-12)18-4/h7-10,14,16-17H,5-6,11H2,1-4H3. The summed E-state index contributed by atoms with van der Waals surface area (Å²) < 4.78 is 5.16. The molecule has 0 aliphatic heterocycles. The Hall–Kier alpha value is -1.06. The molecular weight excluding hydrogens is 226 g/mol. The number of aliphatic hydroxyl groups excluding tert-OH is 1. The fraction of sp³-hybridized carbons (Fsp3) is 0.600. The van der Waals surface area contributed by atoms with E-state index < -0.39 is 6.10 Å². The number of hydrogen-bond donors (Lipinski definition) is 2. The normalized spacial score (nSPS) is 13.4. The molecule has 0 amide bonds. The lowest BCUT2D eigenvalue weighted by Crippen LogP contribution is -2.43. The minimum absolute atomic E-state index is 0.0971. The van der Waals surface area contributed by atoms with Gasteiger partial charge in [0.25, 0.3) is 0 Å². The number of ether oxygens (including phenoxy) is 1. The number of benzene rings is 1. The van der Waals surface area contributed by atoms with E-state index in [1.165, 1.54) is 0 Å². The Morgan fingerprint density at radius 3 is 2.56 bits per heavy atom. The molecular formula is C15H25NO2. The van der Waals surface area contributed by atoms with Crippen molar-refractivity contribution in [2.24, 2.45) is 0 Å². The molecule has 0 aromatic heterocycles. The fourth-order valence-corrected chi connectivity index (χ4v) is 1.81. The summed E-state index contributed by atoms with van der Waals surface area (Å²) in [5, 5.41) is 13.6. The Morgan fingerprint density at radius 2 is 2.00 bits per heavy atom. The highest BCUT2D eigenvalue weighted by molar-refractivity contribution is 5.29. The summed E-state index contributed by atoms with van der Waals surface area (Å²) in [7, 11) is 1.63. The average molecular weight is 251 g/mol. The van der Waals surface area contributed by atoms with Crippen LogP contribution in [0.3, 0.4) is 0 Å². The highest BCUT2D eigenvalue weighted by Crippen LogP contribution is 2.20. The van der Waals surface area contributed by atoms with E-state index in [1.54, 1.807) is 7.11 Å². The number of nitrogens with one attached hydrogen (secondary N) is 1. The zero-order chi connectivity index (χ0) is 13.6.